The third kappa shape index (κ3) is 4.49. The van der Waals surface area contributed by atoms with Crippen LogP contribution >= 0.6 is 0 Å². The first kappa shape index (κ1) is 13.5. The second-order valence-corrected chi connectivity index (χ2v) is 4.47. The number of nitrogens with zero attached hydrogens (tertiary/aromatic N) is 1. The van der Waals surface area contributed by atoms with Crippen molar-refractivity contribution in [3.63, 3.8) is 0 Å². The Morgan fingerprint density at radius 1 is 1.38 bits per heavy atom. The zero-order valence-corrected chi connectivity index (χ0v) is 10.2. The molecular formula is C12H24N2O2. The summed E-state index contributed by atoms with van der Waals surface area (Å²) in [6.45, 7) is 1.90. The number of carbonyl (C=O) groups is 1. The SMILES string of the molecule is CNC(=O)CCCN(CCO)C1CCCC1. The second kappa shape index (κ2) is 7.63. The molecule has 16 heavy (non-hydrogen) atoms. The average Bonchev–Trinajstić information content (AvgIpc) is 2.81. The summed E-state index contributed by atoms with van der Waals surface area (Å²) in [7, 11) is 1.67. The predicted octanol–water partition coefficient (Wildman–Crippen LogP) is 0.749. The molecule has 1 saturated carbocycles. The molecule has 1 aliphatic rings. The van der Waals surface area contributed by atoms with E-state index in [0.29, 0.717) is 12.5 Å². The van der Waals surface area contributed by atoms with Gasteiger partial charge >= 0.3 is 0 Å². The summed E-state index contributed by atoms with van der Waals surface area (Å²) in [5.41, 5.74) is 0. The highest BCUT2D eigenvalue weighted by atomic mass is 16.3. The first-order chi connectivity index (χ1) is 7.77. The Labute approximate surface area is 98.0 Å². The molecular weight excluding hydrogens is 204 g/mol. The molecule has 0 radical (unpaired) electrons. The molecule has 2 N–H and O–H groups in total. The molecule has 0 aliphatic heterocycles. The molecule has 1 rings (SSSR count). The van der Waals surface area contributed by atoms with Crippen LogP contribution in [0.1, 0.15) is 38.5 Å². The molecule has 0 aromatic carbocycles. The van der Waals surface area contributed by atoms with Crippen LogP contribution in [0.4, 0.5) is 0 Å². The molecule has 1 aliphatic carbocycles. The van der Waals surface area contributed by atoms with Crippen molar-refractivity contribution in [2.45, 2.75) is 44.6 Å². The summed E-state index contributed by atoms with van der Waals surface area (Å²) < 4.78 is 0. The van der Waals surface area contributed by atoms with Crippen LogP contribution in [0.3, 0.4) is 0 Å². The zero-order chi connectivity index (χ0) is 11.8. The molecule has 0 aromatic heterocycles. The number of hydrogen-bond donors (Lipinski definition) is 2. The van der Waals surface area contributed by atoms with Crippen LogP contribution in [0.2, 0.25) is 0 Å². The Morgan fingerprint density at radius 2 is 2.06 bits per heavy atom. The van der Waals surface area contributed by atoms with E-state index < -0.39 is 0 Å². The minimum atomic E-state index is 0.107. The van der Waals surface area contributed by atoms with Gasteiger partial charge in [0.05, 0.1) is 6.61 Å². The highest BCUT2D eigenvalue weighted by Crippen LogP contribution is 2.23. The highest BCUT2D eigenvalue weighted by Gasteiger charge is 2.21. The first-order valence-corrected chi connectivity index (χ1v) is 6.33. The van der Waals surface area contributed by atoms with E-state index in [2.05, 4.69) is 10.2 Å². The lowest BCUT2D eigenvalue weighted by molar-refractivity contribution is -0.120. The van der Waals surface area contributed by atoms with Gasteiger partial charge in [0.15, 0.2) is 0 Å². The van der Waals surface area contributed by atoms with Crippen LogP contribution in [0.15, 0.2) is 0 Å². The Morgan fingerprint density at radius 3 is 2.62 bits per heavy atom. The van der Waals surface area contributed by atoms with Crippen molar-refractivity contribution in [3.05, 3.63) is 0 Å². The highest BCUT2D eigenvalue weighted by molar-refractivity contribution is 5.75. The van der Waals surface area contributed by atoms with Gasteiger partial charge in [0.2, 0.25) is 5.91 Å². The quantitative estimate of drug-likeness (QED) is 0.676. The second-order valence-electron chi connectivity index (χ2n) is 4.47. The fraction of sp³-hybridized carbons (Fsp3) is 0.917. The summed E-state index contributed by atoms with van der Waals surface area (Å²) in [5, 5.41) is 11.7. The van der Waals surface area contributed by atoms with Gasteiger partial charge in [-0.3, -0.25) is 9.69 Å². The van der Waals surface area contributed by atoms with Gasteiger partial charge in [-0.05, 0) is 25.8 Å². The van der Waals surface area contributed by atoms with Crippen molar-refractivity contribution in [2.24, 2.45) is 0 Å². The van der Waals surface area contributed by atoms with Gasteiger partial charge in [-0.1, -0.05) is 12.8 Å². The number of rotatable bonds is 7. The van der Waals surface area contributed by atoms with Crippen molar-refractivity contribution in [1.82, 2.24) is 10.2 Å². The van der Waals surface area contributed by atoms with E-state index >= 15 is 0 Å². The number of carbonyl (C=O) groups excluding carboxylic acids is 1. The molecule has 0 aromatic rings. The maximum atomic E-state index is 11.1. The summed E-state index contributed by atoms with van der Waals surface area (Å²) in [5.74, 6) is 0.107. The van der Waals surface area contributed by atoms with Gasteiger partial charge < -0.3 is 10.4 Å². The van der Waals surface area contributed by atoms with Crippen LogP contribution < -0.4 is 5.32 Å². The van der Waals surface area contributed by atoms with Gasteiger partial charge in [-0.25, -0.2) is 0 Å². The van der Waals surface area contributed by atoms with Crippen LogP contribution in [0.5, 0.6) is 0 Å². The minimum absolute atomic E-state index is 0.107. The van der Waals surface area contributed by atoms with Gasteiger partial charge in [0, 0.05) is 26.1 Å². The normalized spacial score (nSPS) is 16.9. The predicted molar refractivity (Wildman–Crippen MR) is 64.2 cm³/mol. The number of aliphatic hydroxyl groups is 1. The fourth-order valence-corrected chi connectivity index (χ4v) is 2.44. The molecule has 4 nitrogen and oxygen atoms in total. The summed E-state index contributed by atoms with van der Waals surface area (Å²) in [4.78, 5) is 13.4. The first-order valence-electron chi connectivity index (χ1n) is 6.33. The van der Waals surface area contributed by atoms with E-state index in [0.717, 1.165) is 19.5 Å². The van der Waals surface area contributed by atoms with E-state index in [9.17, 15) is 4.79 Å². The average molecular weight is 228 g/mol. The van der Waals surface area contributed by atoms with Crippen molar-refractivity contribution in [1.29, 1.82) is 0 Å². The summed E-state index contributed by atoms with van der Waals surface area (Å²) in [6.07, 6.45) is 6.59. The Kier molecular flexibility index (Phi) is 6.42. The van der Waals surface area contributed by atoms with E-state index in [1.54, 1.807) is 7.05 Å². The topological polar surface area (TPSA) is 52.6 Å². The largest absolute Gasteiger partial charge is 0.395 e. The smallest absolute Gasteiger partial charge is 0.219 e. The molecule has 0 unspecified atom stereocenters. The third-order valence-electron chi connectivity index (χ3n) is 3.36. The number of hydrogen-bond acceptors (Lipinski definition) is 3. The minimum Gasteiger partial charge on any atom is -0.395 e. The van der Waals surface area contributed by atoms with Crippen LogP contribution in [-0.4, -0.2) is 48.7 Å². The van der Waals surface area contributed by atoms with E-state index in [-0.39, 0.29) is 12.5 Å². The molecule has 94 valence electrons. The molecule has 0 heterocycles. The lowest BCUT2D eigenvalue weighted by Crippen LogP contribution is -2.36. The van der Waals surface area contributed by atoms with E-state index in [4.69, 9.17) is 5.11 Å². The van der Waals surface area contributed by atoms with E-state index in [1.165, 1.54) is 25.7 Å². The zero-order valence-electron chi connectivity index (χ0n) is 10.2. The summed E-state index contributed by atoms with van der Waals surface area (Å²) >= 11 is 0. The Hall–Kier alpha value is -0.610. The third-order valence-corrected chi connectivity index (χ3v) is 3.36. The maximum absolute atomic E-state index is 11.1. The van der Waals surface area contributed by atoms with Gasteiger partial charge in [0.1, 0.15) is 0 Å². The van der Waals surface area contributed by atoms with Crippen LogP contribution in [0, 0.1) is 0 Å². The molecule has 0 bridgehead atoms. The van der Waals surface area contributed by atoms with Gasteiger partial charge in [-0.2, -0.15) is 0 Å². The van der Waals surface area contributed by atoms with Crippen molar-refractivity contribution < 1.29 is 9.90 Å². The van der Waals surface area contributed by atoms with Crippen molar-refractivity contribution >= 4 is 5.91 Å². The Balaban J connectivity index is 2.24. The maximum Gasteiger partial charge on any atom is 0.219 e. The van der Waals surface area contributed by atoms with Gasteiger partial charge in [0.25, 0.3) is 0 Å². The fourth-order valence-electron chi connectivity index (χ4n) is 2.44. The standard InChI is InChI=1S/C12H24N2O2/c1-13-12(16)7-4-8-14(9-10-15)11-5-2-3-6-11/h11,15H,2-10H2,1H3,(H,13,16). The lowest BCUT2D eigenvalue weighted by Gasteiger charge is -2.27. The molecule has 1 amide bonds. The molecule has 1 fully saturated rings. The number of nitrogens with one attached hydrogen (secondary N) is 1. The number of amides is 1. The molecule has 0 saturated heterocycles. The van der Waals surface area contributed by atoms with Crippen LogP contribution in [0.25, 0.3) is 0 Å². The Bertz CT molecular complexity index is 203. The monoisotopic (exact) mass is 228 g/mol. The van der Waals surface area contributed by atoms with Gasteiger partial charge in [-0.15, -0.1) is 0 Å². The summed E-state index contributed by atoms with van der Waals surface area (Å²) in [6, 6.07) is 0.636. The lowest BCUT2D eigenvalue weighted by atomic mass is 10.2. The number of aliphatic hydroxyl groups excluding tert-OH is 1. The molecule has 4 heteroatoms. The van der Waals surface area contributed by atoms with Crippen LogP contribution in [-0.2, 0) is 4.79 Å². The molecule has 0 atom stereocenters. The van der Waals surface area contributed by atoms with E-state index in [1.807, 2.05) is 0 Å². The molecule has 0 spiro atoms. The van der Waals surface area contributed by atoms with Crippen molar-refractivity contribution in [3.8, 4) is 0 Å². The van der Waals surface area contributed by atoms with Crippen molar-refractivity contribution in [2.75, 3.05) is 26.7 Å².